The Morgan fingerprint density at radius 2 is 1.92 bits per heavy atom. The molecule has 1 fully saturated rings. The lowest BCUT2D eigenvalue weighted by Gasteiger charge is -2.22. The summed E-state index contributed by atoms with van der Waals surface area (Å²) in [5.74, 6) is -2.64. The molecule has 2 rings (SSSR count). The SMILES string of the molecule is CC1(c2ccc(F)cc2)NC(=O)N(CC(=O)NCCCC(=O)O)C1=O. The summed E-state index contributed by atoms with van der Waals surface area (Å²) >= 11 is 0. The zero-order chi connectivity index (χ0) is 18.6. The average Bonchev–Trinajstić information content (AvgIpc) is 2.76. The quantitative estimate of drug-likeness (QED) is 0.491. The predicted molar refractivity (Wildman–Crippen MR) is 83.9 cm³/mol. The number of benzene rings is 1. The fraction of sp³-hybridized carbons (Fsp3) is 0.375. The molecule has 1 aromatic rings. The number of nitrogens with one attached hydrogen (secondary N) is 2. The Kier molecular flexibility index (Phi) is 5.35. The van der Waals surface area contributed by atoms with Crippen molar-refractivity contribution < 1.29 is 28.7 Å². The van der Waals surface area contributed by atoms with Gasteiger partial charge < -0.3 is 15.7 Å². The van der Waals surface area contributed by atoms with Gasteiger partial charge in [0.1, 0.15) is 17.9 Å². The third-order valence-electron chi connectivity index (χ3n) is 3.89. The number of urea groups is 1. The molecule has 1 aliphatic rings. The van der Waals surface area contributed by atoms with Gasteiger partial charge >= 0.3 is 12.0 Å². The lowest BCUT2D eigenvalue weighted by molar-refractivity contribution is -0.137. The molecule has 9 heteroatoms. The number of carboxylic acid groups (broad SMARTS) is 1. The molecule has 25 heavy (non-hydrogen) atoms. The molecule has 4 amide bonds. The molecule has 1 aliphatic heterocycles. The third kappa shape index (κ3) is 4.11. The minimum atomic E-state index is -1.38. The Balaban J connectivity index is 1.99. The van der Waals surface area contributed by atoms with Crippen LogP contribution >= 0.6 is 0 Å². The molecule has 1 saturated heterocycles. The smallest absolute Gasteiger partial charge is 0.325 e. The number of hydrogen-bond acceptors (Lipinski definition) is 4. The highest BCUT2D eigenvalue weighted by molar-refractivity contribution is 6.09. The molecule has 0 aliphatic carbocycles. The summed E-state index contributed by atoms with van der Waals surface area (Å²) in [6.07, 6.45) is 0.153. The monoisotopic (exact) mass is 351 g/mol. The van der Waals surface area contributed by atoms with Gasteiger partial charge in [-0.05, 0) is 31.0 Å². The second-order valence-electron chi connectivity index (χ2n) is 5.80. The highest BCUT2D eigenvalue weighted by Crippen LogP contribution is 2.28. The summed E-state index contributed by atoms with van der Waals surface area (Å²) in [6.45, 7) is 1.13. The number of carbonyl (C=O) groups is 4. The van der Waals surface area contributed by atoms with Crippen LogP contribution in [-0.2, 0) is 19.9 Å². The number of nitrogens with zero attached hydrogens (tertiary/aromatic N) is 1. The van der Waals surface area contributed by atoms with E-state index in [0.717, 1.165) is 4.90 Å². The molecule has 0 spiro atoms. The molecule has 1 unspecified atom stereocenters. The van der Waals surface area contributed by atoms with Gasteiger partial charge in [0, 0.05) is 13.0 Å². The molecule has 1 heterocycles. The van der Waals surface area contributed by atoms with Crippen LogP contribution in [0.4, 0.5) is 9.18 Å². The maximum atomic E-state index is 13.0. The van der Waals surface area contributed by atoms with Crippen LogP contribution in [0.5, 0.6) is 0 Å². The fourth-order valence-electron chi connectivity index (χ4n) is 2.49. The molecule has 0 radical (unpaired) electrons. The van der Waals surface area contributed by atoms with E-state index in [-0.39, 0.29) is 19.4 Å². The number of aliphatic carboxylic acids is 1. The van der Waals surface area contributed by atoms with Crippen LogP contribution in [0, 0.1) is 5.82 Å². The highest BCUT2D eigenvalue weighted by atomic mass is 19.1. The van der Waals surface area contributed by atoms with Gasteiger partial charge in [-0.15, -0.1) is 0 Å². The van der Waals surface area contributed by atoms with Gasteiger partial charge in [-0.2, -0.15) is 0 Å². The maximum absolute atomic E-state index is 13.0. The summed E-state index contributed by atoms with van der Waals surface area (Å²) in [6, 6.07) is 4.42. The van der Waals surface area contributed by atoms with Gasteiger partial charge in [-0.3, -0.25) is 19.3 Å². The summed E-state index contributed by atoms with van der Waals surface area (Å²) in [5, 5.41) is 13.5. The molecule has 8 nitrogen and oxygen atoms in total. The zero-order valence-corrected chi connectivity index (χ0v) is 13.5. The average molecular weight is 351 g/mol. The Morgan fingerprint density at radius 3 is 2.52 bits per heavy atom. The van der Waals surface area contributed by atoms with Crippen LogP contribution in [0.1, 0.15) is 25.3 Å². The number of amides is 4. The minimum Gasteiger partial charge on any atom is -0.481 e. The lowest BCUT2D eigenvalue weighted by Crippen LogP contribution is -2.43. The second-order valence-corrected chi connectivity index (χ2v) is 5.80. The second kappa shape index (κ2) is 7.29. The van der Waals surface area contributed by atoms with E-state index in [1.165, 1.54) is 31.2 Å². The molecule has 0 aromatic heterocycles. The van der Waals surface area contributed by atoms with E-state index >= 15 is 0 Å². The number of carbonyl (C=O) groups excluding carboxylic acids is 3. The van der Waals surface area contributed by atoms with Crippen LogP contribution in [0.25, 0.3) is 0 Å². The van der Waals surface area contributed by atoms with Crippen LogP contribution in [-0.4, -0.2) is 46.9 Å². The molecular formula is C16H18FN3O5. The first-order valence-corrected chi connectivity index (χ1v) is 7.62. The van der Waals surface area contributed by atoms with Crippen molar-refractivity contribution in [2.45, 2.75) is 25.3 Å². The number of rotatable bonds is 7. The van der Waals surface area contributed by atoms with Gasteiger partial charge in [0.25, 0.3) is 5.91 Å². The predicted octanol–water partition coefficient (Wildman–Crippen LogP) is 0.574. The number of imide groups is 1. The van der Waals surface area contributed by atoms with Crippen molar-refractivity contribution in [3.63, 3.8) is 0 Å². The summed E-state index contributed by atoms with van der Waals surface area (Å²) < 4.78 is 13.0. The summed E-state index contributed by atoms with van der Waals surface area (Å²) in [7, 11) is 0. The number of carboxylic acids is 1. The van der Waals surface area contributed by atoms with Crippen LogP contribution < -0.4 is 10.6 Å². The third-order valence-corrected chi connectivity index (χ3v) is 3.89. The fourth-order valence-corrected chi connectivity index (χ4v) is 2.49. The van der Waals surface area contributed by atoms with Crippen molar-refractivity contribution in [1.29, 1.82) is 0 Å². The van der Waals surface area contributed by atoms with E-state index in [0.29, 0.717) is 5.56 Å². The first-order chi connectivity index (χ1) is 11.7. The summed E-state index contributed by atoms with van der Waals surface area (Å²) in [5.41, 5.74) is -0.981. The first-order valence-electron chi connectivity index (χ1n) is 7.62. The van der Waals surface area contributed by atoms with E-state index in [4.69, 9.17) is 5.11 Å². The van der Waals surface area contributed by atoms with Gasteiger partial charge in [0.05, 0.1) is 0 Å². The molecule has 1 aromatic carbocycles. The Morgan fingerprint density at radius 1 is 1.28 bits per heavy atom. The Bertz CT molecular complexity index is 706. The van der Waals surface area contributed by atoms with E-state index in [2.05, 4.69) is 10.6 Å². The van der Waals surface area contributed by atoms with Crippen molar-refractivity contribution in [2.75, 3.05) is 13.1 Å². The molecule has 3 N–H and O–H groups in total. The van der Waals surface area contributed by atoms with Gasteiger partial charge in [0.15, 0.2) is 0 Å². The van der Waals surface area contributed by atoms with Crippen LogP contribution in [0.15, 0.2) is 24.3 Å². The first kappa shape index (κ1) is 18.4. The molecule has 0 bridgehead atoms. The van der Waals surface area contributed by atoms with Crippen LogP contribution in [0.2, 0.25) is 0 Å². The zero-order valence-electron chi connectivity index (χ0n) is 13.5. The van der Waals surface area contributed by atoms with Crippen molar-refractivity contribution in [1.82, 2.24) is 15.5 Å². The van der Waals surface area contributed by atoms with Gasteiger partial charge in [0.2, 0.25) is 5.91 Å². The van der Waals surface area contributed by atoms with Gasteiger partial charge in [-0.1, -0.05) is 12.1 Å². The topological polar surface area (TPSA) is 116 Å². The molecule has 0 saturated carbocycles. The van der Waals surface area contributed by atoms with E-state index in [1.54, 1.807) is 0 Å². The maximum Gasteiger partial charge on any atom is 0.325 e. The van der Waals surface area contributed by atoms with Crippen LogP contribution in [0.3, 0.4) is 0 Å². The Hall–Kier alpha value is -2.97. The number of halogens is 1. The minimum absolute atomic E-state index is 0.0912. The van der Waals surface area contributed by atoms with Crippen molar-refractivity contribution in [3.8, 4) is 0 Å². The highest BCUT2D eigenvalue weighted by Gasteiger charge is 2.49. The molecular weight excluding hydrogens is 333 g/mol. The Labute approximate surface area is 143 Å². The van der Waals surface area contributed by atoms with Crippen molar-refractivity contribution in [3.05, 3.63) is 35.6 Å². The molecule has 1 atom stereocenters. The normalized spacial score (nSPS) is 19.7. The number of hydrogen-bond donors (Lipinski definition) is 3. The van der Waals surface area contributed by atoms with E-state index < -0.39 is 41.7 Å². The van der Waals surface area contributed by atoms with Crippen molar-refractivity contribution in [2.24, 2.45) is 0 Å². The standard InChI is InChI=1S/C16H18FN3O5/c1-16(10-4-6-11(17)7-5-10)14(24)20(15(25)19-16)9-12(21)18-8-2-3-13(22)23/h4-7H,2-3,8-9H2,1H3,(H,18,21)(H,19,25)(H,22,23). The summed E-state index contributed by atoms with van der Waals surface area (Å²) in [4.78, 5) is 47.6. The van der Waals surface area contributed by atoms with E-state index in [1.807, 2.05) is 0 Å². The largest absolute Gasteiger partial charge is 0.481 e. The van der Waals surface area contributed by atoms with E-state index in [9.17, 15) is 23.6 Å². The van der Waals surface area contributed by atoms with Gasteiger partial charge in [-0.25, -0.2) is 9.18 Å². The lowest BCUT2D eigenvalue weighted by atomic mass is 9.92. The molecule has 134 valence electrons. The van der Waals surface area contributed by atoms with Crippen molar-refractivity contribution >= 4 is 23.8 Å².